The van der Waals surface area contributed by atoms with Crippen LogP contribution in [0, 0.1) is 6.92 Å². The number of aryl methyl sites for hydroxylation is 1. The molecule has 2 aromatic rings. The molecule has 0 saturated heterocycles. The van der Waals surface area contributed by atoms with Crippen LogP contribution in [0.5, 0.6) is 5.75 Å². The first kappa shape index (κ1) is 11.7. The number of carbonyl (C=O) groups is 1. The summed E-state index contributed by atoms with van der Waals surface area (Å²) in [6.07, 6.45) is 0. The molecule has 17 heavy (non-hydrogen) atoms. The normalized spacial score (nSPS) is 10.2. The number of hydrogen-bond acceptors (Lipinski definition) is 3. The number of carbonyl (C=O) groups excluding carboxylic acids is 1. The molecule has 0 aliphatic heterocycles. The number of phenols is 1. The number of phenolic OH excluding ortho intramolecular Hbond substituents is 1. The van der Waals surface area contributed by atoms with Gasteiger partial charge in [-0.1, -0.05) is 6.07 Å². The Morgan fingerprint density at radius 2 is 2.12 bits per heavy atom. The second kappa shape index (κ2) is 4.63. The van der Waals surface area contributed by atoms with Crippen LogP contribution in [0.1, 0.15) is 16.1 Å². The van der Waals surface area contributed by atoms with Gasteiger partial charge in [0.1, 0.15) is 5.75 Å². The number of anilines is 1. The summed E-state index contributed by atoms with van der Waals surface area (Å²) in [6, 6.07) is 8.19. The third-order valence-corrected chi connectivity index (χ3v) is 2.62. The van der Waals surface area contributed by atoms with Crippen molar-refractivity contribution in [2.75, 3.05) is 5.32 Å². The Kier molecular flexibility index (Phi) is 3.19. The van der Waals surface area contributed by atoms with Crippen molar-refractivity contribution >= 4 is 27.5 Å². The van der Waals surface area contributed by atoms with E-state index < -0.39 is 5.91 Å². The summed E-state index contributed by atoms with van der Waals surface area (Å²) in [5, 5.41) is 12.2. The molecule has 0 radical (unpaired) electrons. The highest BCUT2D eigenvalue weighted by molar-refractivity contribution is 9.10. The van der Waals surface area contributed by atoms with E-state index in [0.717, 1.165) is 5.56 Å². The molecule has 0 spiro atoms. The lowest BCUT2D eigenvalue weighted by Crippen LogP contribution is -2.10. The van der Waals surface area contributed by atoms with E-state index in [1.54, 1.807) is 30.3 Å². The van der Waals surface area contributed by atoms with E-state index >= 15 is 0 Å². The predicted molar refractivity (Wildman–Crippen MR) is 67.2 cm³/mol. The summed E-state index contributed by atoms with van der Waals surface area (Å²) in [4.78, 5) is 11.7. The van der Waals surface area contributed by atoms with Crippen molar-refractivity contribution in [1.82, 2.24) is 0 Å². The van der Waals surface area contributed by atoms with Gasteiger partial charge in [-0.25, -0.2) is 0 Å². The number of furan rings is 1. The highest BCUT2D eigenvalue weighted by Crippen LogP contribution is 2.25. The summed E-state index contributed by atoms with van der Waals surface area (Å²) in [5.74, 6) is -0.198. The fourth-order valence-corrected chi connectivity index (χ4v) is 1.67. The van der Waals surface area contributed by atoms with E-state index in [-0.39, 0.29) is 11.5 Å². The SMILES string of the molecule is Cc1ccc(NC(=O)c2ccc(Br)o2)c(O)c1. The van der Waals surface area contributed by atoms with Crippen LogP contribution in [0.25, 0.3) is 0 Å². The van der Waals surface area contributed by atoms with Crippen LogP contribution < -0.4 is 5.32 Å². The molecule has 2 N–H and O–H groups in total. The largest absolute Gasteiger partial charge is 0.506 e. The zero-order valence-corrected chi connectivity index (χ0v) is 10.6. The molecular weight excluding hydrogens is 286 g/mol. The van der Waals surface area contributed by atoms with Crippen molar-refractivity contribution < 1.29 is 14.3 Å². The number of nitrogens with one attached hydrogen (secondary N) is 1. The third kappa shape index (κ3) is 2.68. The van der Waals surface area contributed by atoms with E-state index in [1.165, 1.54) is 0 Å². The number of aromatic hydroxyl groups is 1. The predicted octanol–water partition coefficient (Wildman–Crippen LogP) is 3.31. The quantitative estimate of drug-likeness (QED) is 0.836. The Morgan fingerprint density at radius 3 is 2.71 bits per heavy atom. The van der Waals surface area contributed by atoms with Crippen LogP contribution in [0.3, 0.4) is 0 Å². The Balaban J connectivity index is 2.18. The standard InChI is InChI=1S/C12H10BrNO3/c1-7-2-3-8(9(15)6-7)14-12(16)10-4-5-11(13)17-10/h2-6,15H,1H3,(H,14,16). The van der Waals surface area contributed by atoms with Gasteiger partial charge in [-0.15, -0.1) is 0 Å². The van der Waals surface area contributed by atoms with Gasteiger partial charge in [0.15, 0.2) is 10.4 Å². The lowest BCUT2D eigenvalue weighted by Gasteiger charge is -2.06. The average molecular weight is 296 g/mol. The molecule has 1 heterocycles. The zero-order valence-electron chi connectivity index (χ0n) is 9.03. The number of amides is 1. The first-order valence-corrected chi connectivity index (χ1v) is 5.72. The zero-order chi connectivity index (χ0) is 12.4. The summed E-state index contributed by atoms with van der Waals surface area (Å²) in [6.45, 7) is 1.86. The molecule has 0 aliphatic rings. The van der Waals surface area contributed by atoms with Gasteiger partial charge in [-0.05, 0) is 52.7 Å². The van der Waals surface area contributed by atoms with Gasteiger partial charge in [0.25, 0.3) is 5.91 Å². The van der Waals surface area contributed by atoms with E-state index in [9.17, 15) is 9.90 Å². The van der Waals surface area contributed by atoms with Gasteiger partial charge < -0.3 is 14.8 Å². The summed E-state index contributed by atoms with van der Waals surface area (Å²) in [5.41, 5.74) is 1.27. The molecular formula is C12H10BrNO3. The number of hydrogen-bond donors (Lipinski definition) is 2. The summed E-state index contributed by atoms with van der Waals surface area (Å²) < 4.78 is 5.59. The lowest BCUT2D eigenvalue weighted by molar-refractivity contribution is 0.0995. The molecule has 0 unspecified atom stereocenters. The number of benzene rings is 1. The molecule has 1 aromatic carbocycles. The molecule has 0 fully saturated rings. The van der Waals surface area contributed by atoms with E-state index in [4.69, 9.17) is 4.42 Å². The minimum absolute atomic E-state index is 0.0315. The average Bonchev–Trinajstić information content (AvgIpc) is 2.69. The monoisotopic (exact) mass is 295 g/mol. The second-order valence-electron chi connectivity index (χ2n) is 3.58. The van der Waals surface area contributed by atoms with Crippen LogP contribution >= 0.6 is 15.9 Å². The highest BCUT2D eigenvalue weighted by atomic mass is 79.9. The summed E-state index contributed by atoms with van der Waals surface area (Å²) >= 11 is 3.11. The van der Waals surface area contributed by atoms with Crippen LogP contribution in [-0.2, 0) is 0 Å². The van der Waals surface area contributed by atoms with Crippen molar-refractivity contribution in [1.29, 1.82) is 0 Å². The van der Waals surface area contributed by atoms with Crippen LogP contribution in [0.15, 0.2) is 39.4 Å². The fraction of sp³-hybridized carbons (Fsp3) is 0.0833. The molecule has 0 saturated carbocycles. The first-order chi connectivity index (χ1) is 8.06. The topological polar surface area (TPSA) is 62.5 Å². The highest BCUT2D eigenvalue weighted by Gasteiger charge is 2.12. The van der Waals surface area contributed by atoms with E-state index in [1.807, 2.05) is 6.92 Å². The van der Waals surface area contributed by atoms with Crippen molar-refractivity contribution in [3.05, 3.63) is 46.3 Å². The lowest BCUT2D eigenvalue weighted by atomic mass is 10.2. The minimum Gasteiger partial charge on any atom is -0.506 e. The molecule has 0 aliphatic carbocycles. The Morgan fingerprint density at radius 1 is 1.35 bits per heavy atom. The Hall–Kier alpha value is -1.75. The van der Waals surface area contributed by atoms with Crippen molar-refractivity contribution in [2.45, 2.75) is 6.92 Å². The Labute approximate surface area is 106 Å². The molecule has 2 rings (SSSR count). The maximum absolute atomic E-state index is 11.7. The van der Waals surface area contributed by atoms with Crippen molar-refractivity contribution in [3.8, 4) is 5.75 Å². The van der Waals surface area contributed by atoms with Gasteiger partial charge >= 0.3 is 0 Å². The van der Waals surface area contributed by atoms with Crippen molar-refractivity contribution in [3.63, 3.8) is 0 Å². The second-order valence-corrected chi connectivity index (χ2v) is 4.36. The number of rotatable bonds is 2. The fourth-order valence-electron chi connectivity index (χ4n) is 1.37. The molecule has 0 atom stereocenters. The van der Waals surface area contributed by atoms with Gasteiger partial charge in [0, 0.05) is 0 Å². The van der Waals surface area contributed by atoms with Gasteiger partial charge in [0.2, 0.25) is 0 Å². The van der Waals surface area contributed by atoms with Gasteiger partial charge in [-0.2, -0.15) is 0 Å². The van der Waals surface area contributed by atoms with Crippen LogP contribution in [-0.4, -0.2) is 11.0 Å². The first-order valence-electron chi connectivity index (χ1n) is 4.92. The van der Waals surface area contributed by atoms with Crippen LogP contribution in [0.2, 0.25) is 0 Å². The van der Waals surface area contributed by atoms with Gasteiger partial charge in [0.05, 0.1) is 5.69 Å². The molecule has 0 bridgehead atoms. The molecule has 1 amide bonds. The molecule has 5 heteroatoms. The maximum atomic E-state index is 11.7. The third-order valence-electron chi connectivity index (χ3n) is 2.20. The Bertz CT molecular complexity index is 563. The van der Waals surface area contributed by atoms with Gasteiger partial charge in [-0.3, -0.25) is 4.79 Å². The molecule has 4 nitrogen and oxygen atoms in total. The maximum Gasteiger partial charge on any atom is 0.291 e. The minimum atomic E-state index is -0.408. The summed E-state index contributed by atoms with van der Waals surface area (Å²) in [7, 11) is 0. The van der Waals surface area contributed by atoms with E-state index in [0.29, 0.717) is 10.4 Å². The van der Waals surface area contributed by atoms with Crippen LogP contribution in [0.4, 0.5) is 5.69 Å². The van der Waals surface area contributed by atoms with Crippen molar-refractivity contribution in [2.24, 2.45) is 0 Å². The molecule has 1 aromatic heterocycles. The smallest absolute Gasteiger partial charge is 0.291 e. The number of halogens is 1. The molecule has 88 valence electrons. The van der Waals surface area contributed by atoms with E-state index in [2.05, 4.69) is 21.2 Å².